The first-order valence-corrected chi connectivity index (χ1v) is 11.7. The Balaban J connectivity index is 1.40. The molecule has 0 amide bonds. The molecular weight excluding hydrogens is 374 g/mol. The largest absolute Gasteiger partial charge is 0.379 e. The maximum atomic E-state index is 5.48. The number of piperidine rings is 1. The highest BCUT2D eigenvalue weighted by atomic mass is 16.5. The molecule has 0 saturated carbocycles. The van der Waals surface area contributed by atoms with Crippen molar-refractivity contribution in [2.75, 3.05) is 59.5 Å². The first kappa shape index (κ1) is 23.0. The van der Waals surface area contributed by atoms with Crippen molar-refractivity contribution < 1.29 is 4.74 Å². The third-order valence-corrected chi connectivity index (χ3v) is 6.17. The highest BCUT2D eigenvalue weighted by molar-refractivity contribution is 5.79. The normalized spacial score (nSPS) is 24.0. The number of hydrogen-bond acceptors (Lipinski definition) is 4. The molecule has 0 spiro atoms. The first-order chi connectivity index (χ1) is 14.6. The second kappa shape index (κ2) is 12.3. The van der Waals surface area contributed by atoms with Crippen molar-refractivity contribution in [3.8, 4) is 0 Å². The van der Waals surface area contributed by atoms with Crippen LogP contribution in [0, 0.1) is 11.8 Å². The molecule has 168 valence electrons. The molecule has 2 N–H and O–H groups in total. The zero-order valence-corrected chi connectivity index (χ0v) is 19.2. The maximum Gasteiger partial charge on any atom is 0.191 e. The molecular formula is C24H41N5O. The first-order valence-electron chi connectivity index (χ1n) is 11.7. The molecule has 2 heterocycles. The quantitative estimate of drug-likeness (QED) is 0.388. The number of rotatable bonds is 8. The lowest BCUT2D eigenvalue weighted by atomic mass is 9.92. The Morgan fingerprint density at radius 2 is 1.73 bits per heavy atom. The van der Waals surface area contributed by atoms with Gasteiger partial charge >= 0.3 is 0 Å². The van der Waals surface area contributed by atoms with Gasteiger partial charge in [-0.15, -0.1) is 0 Å². The van der Waals surface area contributed by atoms with Gasteiger partial charge in [0.05, 0.1) is 13.2 Å². The molecule has 2 saturated heterocycles. The minimum absolute atomic E-state index is 0.793. The van der Waals surface area contributed by atoms with Crippen LogP contribution in [0.25, 0.3) is 0 Å². The molecule has 0 bridgehead atoms. The van der Waals surface area contributed by atoms with Gasteiger partial charge in [0.25, 0.3) is 0 Å². The lowest BCUT2D eigenvalue weighted by Gasteiger charge is -2.35. The summed E-state index contributed by atoms with van der Waals surface area (Å²) in [5.74, 6) is 2.54. The van der Waals surface area contributed by atoms with E-state index in [2.05, 4.69) is 63.5 Å². The molecule has 6 nitrogen and oxygen atoms in total. The lowest BCUT2D eigenvalue weighted by molar-refractivity contribution is 0.0341. The van der Waals surface area contributed by atoms with Crippen LogP contribution in [-0.2, 0) is 17.8 Å². The van der Waals surface area contributed by atoms with Crippen molar-refractivity contribution in [1.82, 2.24) is 20.4 Å². The molecule has 0 aromatic heterocycles. The molecule has 1 aromatic carbocycles. The second-order valence-electron chi connectivity index (χ2n) is 9.07. The summed E-state index contributed by atoms with van der Waals surface area (Å²) >= 11 is 0. The number of morpholine rings is 1. The van der Waals surface area contributed by atoms with Crippen LogP contribution in [0.15, 0.2) is 29.3 Å². The summed E-state index contributed by atoms with van der Waals surface area (Å²) in [6.07, 6.45) is 2.52. The zero-order chi connectivity index (χ0) is 21.2. The summed E-state index contributed by atoms with van der Waals surface area (Å²) in [5, 5.41) is 6.99. The van der Waals surface area contributed by atoms with Crippen molar-refractivity contribution >= 4 is 5.96 Å². The van der Waals surface area contributed by atoms with Gasteiger partial charge in [-0.1, -0.05) is 38.1 Å². The molecule has 2 aliphatic rings. The van der Waals surface area contributed by atoms with E-state index in [1.54, 1.807) is 0 Å². The van der Waals surface area contributed by atoms with E-state index in [0.29, 0.717) is 0 Å². The van der Waals surface area contributed by atoms with Crippen LogP contribution in [0.1, 0.15) is 37.8 Å². The highest BCUT2D eigenvalue weighted by Crippen LogP contribution is 2.20. The number of nitrogens with zero attached hydrogens (tertiary/aromatic N) is 3. The molecule has 6 heteroatoms. The summed E-state index contributed by atoms with van der Waals surface area (Å²) in [7, 11) is 1.85. The third-order valence-electron chi connectivity index (χ3n) is 6.17. The van der Waals surface area contributed by atoms with E-state index < -0.39 is 0 Å². The number of guanidine groups is 1. The summed E-state index contributed by atoms with van der Waals surface area (Å²) in [5.41, 5.74) is 2.72. The Bertz CT molecular complexity index is 649. The summed E-state index contributed by atoms with van der Waals surface area (Å²) in [4.78, 5) is 9.50. The SMILES string of the molecule is CN=C(NCCCN1CC(C)CC(C)C1)NCc1ccccc1CN1CCOCC1. The number of benzene rings is 1. The van der Waals surface area contributed by atoms with Crippen LogP contribution in [0.4, 0.5) is 0 Å². The van der Waals surface area contributed by atoms with Gasteiger partial charge in [0.15, 0.2) is 5.96 Å². The van der Waals surface area contributed by atoms with Crippen LogP contribution in [0.5, 0.6) is 0 Å². The van der Waals surface area contributed by atoms with Crippen molar-refractivity contribution in [1.29, 1.82) is 0 Å². The van der Waals surface area contributed by atoms with Crippen molar-refractivity contribution in [2.24, 2.45) is 16.8 Å². The van der Waals surface area contributed by atoms with Gasteiger partial charge in [-0.3, -0.25) is 9.89 Å². The van der Waals surface area contributed by atoms with E-state index in [1.165, 1.54) is 37.2 Å². The summed E-state index contributed by atoms with van der Waals surface area (Å²) in [6.45, 7) is 14.9. The molecule has 2 unspecified atom stereocenters. The monoisotopic (exact) mass is 415 g/mol. The van der Waals surface area contributed by atoms with Crippen LogP contribution in [0.2, 0.25) is 0 Å². The van der Waals surface area contributed by atoms with Gasteiger partial charge in [-0.25, -0.2) is 0 Å². The molecule has 0 radical (unpaired) electrons. The van der Waals surface area contributed by atoms with Crippen LogP contribution in [-0.4, -0.2) is 75.3 Å². The molecule has 30 heavy (non-hydrogen) atoms. The van der Waals surface area contributed by atoms with Crippen molar-refractivity contribution in [3.05, 3.63) is 35.4 Å². The fraction of sp³-hybridized carbons (Fsp3) is 0.708. The number of nitrogens with one attached hydrogen (secondary N) is 2. The standard InChI is InChI=1S/C24H41N5O/c1-20-15-21(2)18-29(17-20)10-6-9-26-24(25-3)27-16-22-7-4-5-8-23(22)19-28-11-13-30-14-12-28/h4-5,7-8,20-21H,6,9-19H2,1-3H3,(H2,25,26,27). The van der Waals surface area contributed by atoms with Crippen LogP contribution < -0.4 is 10.6 Å². The molecule has 0 aliphatic carbocycles. The average Bonchev–Trinajstić information content (AvgIpc) is 2.74. The van der Waals surface area contributed by atoms with E-state index in [0.717, 1.165) is 70.2 Å². The van der Waals surface area contributed by atoms with Crippen molar-refractivity contribution in [2.45, 2.75) is 39.8 Å². The molecule has 2 atom stereocenters. The van der Waals surface area contributed by atoms with Gasteiger partial charge in [0.2, 0.25) is 0 Å². The number of likely N-dealkylation sites (tertiary alicyclic amines) is 1. The molecule has 3 rings (SSSR count). The minimum atomic E-state index is 0.793. The zero-order valence-electron chi connectivity index (χ0n) is 19.2. The van der Waals surface area contributed by atoms with Gasteiger partial charge in [-0.2, -0.15) is 0 Å². The Kier molecular flexibility index (Phi) is 9.43. The Hall–Kier alpha value is -1.63. The van der Waals surface area contributed by atoms with Gasteiger partial charge < -0.3 is 20.3 Å². The maximum absolute atomic E-state index is 5.48. The fourth-order valence-corrected chi connectivity index (χ4v) is 4.77. The van der Waals surface area contributed by atoms with E-state index in [-0.39, 0.29) is 0 Å². The molecule has 1 aromatic rings. The Morgan fingerprint density at radius 3 is 2.43 bits per heavy atom. The molecule has 2 aliphatic heterocycles. The average molecular weight is 416 g/mol. The van der Waals surface area contributed by atoms with Crippen molar-refractivity contribution in [3.63, 3.8) is 0 Å². The van der Waals surface area contributed by atoms with Gasteiger partial charge in [0.1, 0.15) is 0 Å². The summed E-state index contributed by atoms with van der Waals surface area (Å²) in [6, 6.07) is 8.71. The fourth-order valence-electron chi connectivity index (χ4n) is 4.77. The Labute approximate surface area is 183 Å². The summed E-state index contributed by atoms with van der Waals surface area (Å²) < 4.78 is 5.48. The second-order valence-corrected chi connectivity index (χ2v) is 9.07. The van der Waals surface area contributed by atoms with E-state index in [1.807, 2.05) is 7.05 Å². The predicted molar refractivity (Wildman–Crippen MR) is 125 cm³/mol. The lowest BCUT2D eigenvalue weighted by Crippen LogP contribution is -2.41. The van der Waals surface area contributed by atoms with E-state index in [4.69, 9.17) is 4.74 Å². The topological polar surface area (TPSA) is 52.1 Å². The van der Waals surface area contributed by atoms with Crippen LogP contribution in [0.3, 0.4) is 0 Å². The minimum Gasteiger partial charge on any atom is -0.379 e. The van der Waals surface area contributed by atoms with E-state index >= 15 is 0 Å². The van der Waals surface area contributed by atoms with Crippen LogP contribution >= 0.6 is 0 Å². The number of ether oxygens (including phenoxy) is 1. The van der Waals surface area contributed by atoms with Gasteiger partial charge in [-0.05, 0) is 42.3 Å². The number of aliphatic imine (C=N–C) groups is 1. The number of hydrogen-bond donors (Lipinski definition) is 2. The smallest absolute Gasteiger partial charge is 0.191 e. The Morgan fingerprint density at radius 1 is 1.03 bits per heavy atom. The highest BCUT2D eigenvalue weighted by Gasteiger charge is 2.21. The predicted octanol–water partition coefficient (Wildman–Crippen LogP) is 2.55. The van der Waals surface area contributed by atoms with E-state index in [9.17, 15) is 0 Å². The van der Waals surface area contributed by atoms with Gasteiger partial charge in [0, 0.05) is 52.9 Å². The third kappa shape index (κ3) is 7.56. The molecule has 2 fully saturated rings.